The fourth-order valence-corrected chi connectivity index (χ4v) is 8.10. The average Bonchev–Trinajstić information content (AvgIpc) is 3.27. The highest BCUT2D eigenvalue weighted by Crippen LogP contribution is 2.43. The smallest absolute Gasteiger partial charge is 0.0468 e. The Morgan fingerprint density at radius 2 is 0.691 bits per heavy atom. The third kappa shape index (κ3) is 6.12. The standard InChI is InChI=1S/C54H37N/c1-4-13-38(14-5-1)45-26-25-43-23-24-44-29-32-47(37-54(44)52(43)35-45)55(46-30-27-42(28-31-46)50-22-12-20-40-19-10-11-21-49(40)50)48-33-34-51(39-15-6-2-7-16-39)53(36-48)41-17-8-3-9-18-41/h1-37H. The lowest BCUT2D eigenvalue weighted by Crippen LogP contribution is -2.10. The highest BCUT2D eigenvalue weighted by atomic mass is 15.1. The van der Waals surface area contributed by atoms with E-state index < -0.39 is 0 Å². The van der Waals surface area contributed by atoms with E-state index in [1.165, 1.54) is 76.8 Å². The molecule has 10 aromatic rings. The van der Waals surface area contributed by atoms with E-state index in [1.807, 2.05) is 0 Å². The Kier molecular flexibility index (Phi) is 8.24. The van der Waals surface area contributed by atoms with E-state index >= 15 is 0 Å². The summed E-state index contributed by atoms with van der Waals surface area (Å²) < 4.78 is 0. The maximum atomic E-state index is 2.41. The molecule has 0 heterocycles. The second-order valence-corrected chi connectivity index (χ2v) is 14.1. The third-order valence-electron chi connectivity index (χ3n) is 10.8. The first-order valence-electron chi connectivity index (χ1n) is 18.9. The zero-order valence-corrected chi connectivity index (χ0v) is 30.3. The van der Waals surface area contributed by atoms with Gasteiger partial charge in [-0.05, 0) is 119 Å². The SMILES string of the molecule is c1ccc(-c2ccc3ccc4ccc(N(c5ccc(-c6cccc7ccccc67)cc5)c5ccc(-c6ccccc6)c(-c6ccccc6)c5)cc4c3c2)cc1. The van der Waals surface area contributed by atoms with Crippen molar-refractivity contribution in [1.29, 1.82) is 0 Å². The van der Waals surface area contributed by atoms with Gasteiger partial charge in [-0.15, -0.1) is 0 Å². The average molecular weight is 700 g/mol. The Morgan fingerprint density at radius 1 is 0.218 bits per heavy atom. The van der Waals surface area contributed by atoms with Gasteiger partial charge in [-0.3, -0.25) is 0 Å². The molecule has 0 aliphatic rings. The number of hydrogen-bond acceptors (Lipinski definition) is 1. The third-order valence-corrected chi connectivity index (χ3v) is 10.8. The first kappa shape index (κ1) is 32.4. The Morgan fingerprint density at radius 3 is 1.42 bits per heavy atom. The maximum absolute atomic E-state index is 2.41. The number of nitrogens with zero attached hydrogens (tertiary/aromatic N) is 1. The summed E-state index contributed by atoms with van der Waals surface area (Å²) in [5, 5.41) is 7.43. The zero-order chi connectivity index (χ0) is 36.6. The fraction of sp³-hybridized carbons (Fsp3) is 0. The van der Waals surface area contributed by atoms with Crippen LogP contribution in [0.2, 0.25) is 0 Å². The topological polar surface area (TPSA) is 3.24 Å². The quantitative estimate of drug-likeness (QED) is 0.150. The van der Waals surface area contributed by atoms with Gasteiger partial charge in [-0.25, -0.2) is 0 Å². The van der Waals surface area contributed by atoms with E-state index in [-0.39, 0.29) is 0 Å². The van der Waals surface area contributed by atoms with Crippen LogP contribution in [-0.4, -0.2) is 0 Å². The summed E-state index contributed by atoms with van der Waals surface area (Å²) in [7, 11) is 0. The summed E-state index contributed by atoms with van der Waals surface area (Å²) >= 11 is 0. The highest BCUT2D eigenvalue weighted by molar-refractivity contribution is 6.10. The van der Waals surface area contributed by atoms with E-state index in [4.69, 9.17) is 0 Å². The van der Waals surface area contributed by atoms with Crippen molar-refractivity contribution in [3.8, 4) is 44.5 Å². The van der Waals surface area contributed by atoms with Crippen molar-refractivity contribution in [1.82, 2.24) is 0 Å². The van der Waals surface area contributed by atoms with Gasteiger partial charge in [0, 0.05) is 17.1 Å². The summed E-state index contributed by atoms with van der Waals surface area (Å²) in [6.07, 6.45) is 0. The van der Waals surface area contributed by atoms with Crippen molar-refractivity contribution >= 4 is 49.4 Å². The van der Waals surface area contributed by atoms with E-state index in [9.17, 15) is 0 Å². The van der Waals surface area contributed by atoms with Gasteiger partial charge in [0.1, 0.15) is 0 Å². The van der Waals surface area contributed by atoms with Crippen LogP contribution in [0.3, 0.4) is 0 Å². The van der Waals surface area contributed by atoms with Crippen molar-refractivity contribution in [3.05, 3.63) is 224 Å². The van der Waals surface area contributed by atoms with Gasteiger partial charge >= 0.3 is 0 Å². The van der Waals surface area contributed by atoms with Crippen LogP contribution >= 0.6 is 0 Å². The molecule has 0 fully saturated rings. The zero-order valence-electron chi connectivity index (χ0n) is 30.3. The molecule has 258 valence electrons. The number of fused-ring (bicyclic) bond motifs is 4. The van der Waals surface area contributed by atoms with Crippen molar-refractivity contribution in [2.75, 3.05) is 4.90 Å². The number of benzene rings is 10. The van der Waals surface area contributed by atoms with E-state index in [1.54, 1.807) is 0 Å². The van der Waals surface area contributed by atoms with Crippen molar-refractivity contribution < 1.29 is 0 Å². The lowest BCUT2D eigenvalue weighted by Gasteiger charge is -2.27. The van der Waals surface area contributed by atoms with Gasteiger partial charge in [-0.2, -0.15) is 0 Å². The number of anilines is 3. The molecule has 0 bridgehead atoms. The van der Waals surface area contributed by atoms with Crippen LogP contribution in [0.5, 0.6) is 0 Å². The molecular formula is C54H37N. The molecule has 1 nitrogen and oxygen atoms in total. The molecule has 0 atom stereocenters. The molecule has 0 saturated heterocycles. The molecule has 0 saturated carbocycles. The maximum Gasteiger partial charge on any atom is 0.0468 e. The van der Waals surface area contributed by atoms with Gasteiger partial charge in [-0.1, -0.05) is 182 Å². The molecule has 55 heavy (non-hydrogen) atoms. The normalized spacial score (nSPS) is 11.3. The molecule has 0 spiro atoms. The molecular weight excluding hydrogens is 663 g/mol. The van der Waals surface area contributed by atoms with E-state index in [2.05, 4.69) is 229 Å². The predicted octanol–water partition coefficient (Wildman–Crippen LogP) is 15.3. The summed E-state index contributed by atoms with van der Waals surface area (Å²) in [4.78, 5) is 2.41. The number of hydrogen-bond donors (Lipinski definition) is 0. The molecule has 0 unspecified atom stereocenters. The molecule has 1 heteroatoms. The molecule has 0 radical (unpaired) electrons. The van der Waals surface area contributed by atoms with Crippen LogP contribution in [0, 0.1) is 0 Å². The molecule has 0 amide bonds. The van der Waals surface area contributed by atoms with Crippen LogP contribution in [0.25, 0.3) is 76.8 Å². The first-order valence-corrected chi connectivity index (χ1v) is 18.9. The van der Waals surface area contributed by atoms with E-state index in [0.29, 0.717) is 0 Å². The Labute approximate surface area is 322 Å². The second-order valence-electron chi connectivity index (χ2n) is 14.1. The lowest BCUT2D eigenvalue weighted by atomic mass is 9.93. The molecule has 0 aromatic heterocycles. The van der Waals surface area contributed by atoms with Gasteiger partial charge in [0.2, 0.25) is 0 Å². The molecule has 10 rings (SSSR count). The Balaban J connectivity index is 1.17. The first-order chi connectivity index (χ1) is 27.3. The highest BCUT2D eigenvalue weighted by Gasteiger charge is 2.18. The Bertz CT molecular complexity index is 2940. The summed E-state index contributed by atoms with van der Waals surface area (Å²) in [6, 6.07) is 81.5. The van der Waals surface area contributed by atoms with Crippen molar-refractivity contribution in [2.45, 2.75) is 0 Å². The summed E-state index contributed by atoms with van der Waals surface area (Å²) in [6.45, 7) is 0. The van der Waals surface area contributed by atoms with Crippen molar-refractivity contribution in [2.24, 2.45) is 0 Å². The lowest BCUT2D eigenvalue weighted by molar-refractivity contribution is 1.29. The van der Waals surface area contributed by atoms with Gasteiger partial charge in [0.05, 0.1) is 0 Å². The van der Waals surface area contributed by atoms with Crippen LogP contribution in [0.4, 0.5) is 17.1 Å². The van der Waals surface area contributed by atoms with Gasteiger partial charge in [0.25, 0.3) is 0 Å². The summed E-state index contributed by atoms with van der Waals surface area (Å²) in [5.41, 5.74) is 13.0. The van der Waals surface area contributed by atoms with Crippen LogP contribution in [-0.2, 0) is 0 Å². The van der Waals surface area contributed by atoms with E-state index in [0.717, 1.165) is 17.1 Å². The van der Waals surface area contributed by atoms with Crippen molar-refractivity contribution in [3.63, 3.8) is 0 Å². The summed E-state index contributed by atoms with van der Waals surface area (Å²) in [5.74, 6) is 0. The monoisotopic (exact) mass is 699 g/mol. The molecule has 10 aromatic carbocycles. The minimum Gasteiger partial charge on any atom is -0.310 e. The molecule has 0 aliphatic heterocycles. The Hall–Kier alpha value is -7.22. The minimum absolute atomic E-state index is 1.10. The number of rotatable bonds is 7. The van der Waals surface area contributed by atoms with Gasteiger partial charge < -0.3 is 4.90 Å². The molecule has 0 N–H and O–H groups in total. The van der Waals surface area contributed by atoms with Crippen LogP contribution < -0.4 is 4.90 Å². The second kappa shape index (κ2) is 14.0. The predicted molar refractivity (Wildman–Crippen MR) is 235 cm³/mol. The minimum atomic E-state index is 1.10. The van der Waals surface area contributed by atoms with Crippen LogP contribution in [0.15, 0.2) is 224 Å². The molecule has 0 aliphatic carbocycles. The van der Waals surface area contributed by atoms with Gasteiger partial charge in [0.15, 0.2) is 0 Å². The largest absolute Gasteiger partial charge is 0.310 e. The van der Waals surface area contributed by atoms with Crippen LogP contribution in [0.1, 0.15) is 0 Å². The fourth-order valence-electron chi connectivity index (χ4n) is 8.10.